The van der Waals surface area contributed by atoms with Crippen molar-refractivity contribution in [2.75, 3.05) is 12.4 Å². The largest absolute Gasteiger partial charge is 0.344 e. The first-order chi connectivity index (χ1) is 7.33. The zero-order valence-corrected chi connectivity index (χ0v) is 9.05. The number of rotatable bonds is 3. The van der Waals surface area contributed by atoms with E-state index in [1.807, 2.05) is 30.3 Å². The summed E-state index contributed by atoms with van der Waals surface area (Å²) in [5.41, 5.74) is 1.17. The quantitative estimate of drug-likeness (QED) is 0.610. The first-order valence-electron chi connectivity index (χ1n) is 4.65. The van der Waals surface area contributed by atoms with Gasteiger partial charge in [-0.3, -0.25) is 4.79 Å². The molecule has 15 heavy (non-hydrogen) atoms. The molecule has 1 aromatic rings. The van der Waals surface area contributed by atoms with Gasteiger partial charge in [0.1, 0.15) is 5.88 Å². The van der Waals surface area contributed by atoms with E-state index in [2.05, 4.69) is 17.2 Å². The van der Waals surface area contributed by atoms with Gasteiger partial charge in [0.25, 0.3) is 0 Å². The van der Waals surface area contributed by atoms with Gasteiger partial charge in [0.2, 0.25) is 5.91 Å². The van der Waals surface area contributed by atoms with Crippen LogP contribution < -0.4 is 5.32 Å². The van der Waals surface area contributed by atoms with Crippen LogP contribution in [0, 0.1) is 11.8 Å². The van der Waals surface area contributed by atoms with Gasteiger partial charge in [0, 0.05) is 6.42 Å². The minimum atomic E-state index is -0.189. The van der Waals surface area contributed by atoms with Crippen molar-refractivity contribution in [3.63, 3.8) is 0 Å². The van der Waals surface area contributed by atoms with Crippen LogP contribution in [0.3, 0.4) is 0 Å². The van der Waals surface area contributed by atoms with Crippen LogP contribution in [0.25, 0.3) is 0 Å². The van der Waals surface area contributed by atoms with Crippen LogP contribution in [0.1, 0.15) is 5.56 Å². The molecule has 0 unspecified atom stereocenters. The Morgan fingerprint density at radius 2 is 2.00 bits per heavy atom. The highest BCUT2D eigenvalue weighted by Gasteiger charge is 1.92. The third-order valence-corrected chi connectivity index (χ3v) is 2.00. The lowest BCUT2D eigenvalue weighted by Gasteiger charge is -1.94. The fourth-order valence-electron chi connectivity index (χ4n) is 1.01. The standard InChI is InChI=1S/C12H12ClNO/c13-10-12(15)14-9-5-4-8-11-6-2-1-3-7-11/h1-3,6-7H,8-10H2,(H,14,15). The number of amides is 1. The minimum Gasteiger partial charge on any atom is -0.344 e. The van der Waals surface area contributed by atoms with E-state index in [0.29, 0.717) is 13.0 Å². The highest BCUT2D eigenvalue weighted by atomic mass is 35.5. The number of nitrogens with one attached hydrogen (secondary N) is 1. The van der Waals surface area contributed by atoms with E-state index in [1.54, 1.807) is 0 Å². The first-order valence-corrected chi connectivity index (χ1v) is 5.18. The van der Waals surface area contributed by atoms with Crippen LogP contribution >= 0.6 is 11.6 Å². The van der Waals surface area contributed by atoms with Crippen molar-refractivity contribution in [2.45, 2.75) is 6.42 Å². The smallest absolute Gasteiger partial charge is 0.235 e. The normalized spacial score (nSPS) is 8.87. The maximum atomic E-state index is 10.7. The number of benzene rings is 1. The van der Waals surface area contributed by atoms with E-state index in [4.69, 9.17) is 11.6 Å². The fourth-order valence-corrected chi connectivity index (χ4v) is 1.11. The predicted molar refractivity (Wildman–Crippen MR) is 61.7 cm³/mol. The number of hydrogen-bond donors (Lipinski definition) is 1. The zero-order chi connectivity index (χ0) is 10.9. The molecular weight excluding hydrogens is 210 g/mol. The summed E-state index contributed by atoms with van der Waals surface area (Å²) in [4.78, 5) is 10.7. The fraction of sp³-hybridized carbons (Fsp3) is 0.250. The maximum Gasteiger partial charge on any atom is 0.235 e. The zero-order valence-electron chi connectivity index (χ0n) is 8.29. The molecule has 2 nitrogen and oxygen atoms in total. The minimum absolute atomic E-state index is 0.0135. The summed E-state index contributed by atoms with van der Waals surface area (Å²) >= 11 is 5.30. The summed E-state index contributed by atoms with van der Waals surface area (Å²) in [6, 6.07) is 9.97. The van der Waals surface area contributed by atoms with Crippen molar-refractivity contribution in [3.8, 4) is 11.8 Å². The van der Waals surface area contributed by atoms with Crippen molar-refractivity contribution < 1.29 is 4.79 Å². The molecule has 1 N–H and O–H groups in total. The number of carbonyl (C=O) groups excluding carboxylic acids is 1. The SMILES string of the molecule is O=C(CCl)NCC#CCc1ccccc1. The monoisotopic (exact) mass is 221 g/mol. The summed E-state index contributed by atoms with van der Waals surface area (Å²) in [7, 11) is 0. The lowest BCUT2D eigenvalue weighted by molar-refractivity contribution is -0.118. The van der Waals surface area contributed by atoms with Crippen molar-refractivity contribution >= 4 is 17.5 Å². The molecule has 0 fully saturated rings. The molecule has 0 aliphatic carbocycles. The second kappa shape index (κ2) is 6.92. The summed E-state index contributed by atoms with van der Waals surface area (Å²) in [5.74, 6) is 5.63. The van der Waals surface area contributed by atoms with Gasteiger partial charge in [-0.1, -0.05) is 42.2 Å². The molecule has 0 radical (unpaired) electrons. The third-order valence-electron chi connectivity index (χ3n) is 1.76. The van der Waals surface area contributed by atoms with Crippen molar-refractivity contribution in [1.29, 1.82) is 0 Å². The summed E-state index contributed by atoms with van der Waals surface area (Å²) in [6.07, 6.45) is 0.706. The van der Waals surface area contributed by atoms with E-state index < -0.39 is 0 Å². The molecule has 0 saturated carbocycles. The average Bonchev–Trinajstić information content (AvgIpc) is 2.29. The molecule has 0 aromatic heterocycles. The number of hydrogen-bond acceptors (Lipinski definition) is 1. The molecule has 0 aliphatic heterocycles. The van der Waals surface area contributed by atoms with Gasteiger partial charge in [0.15, 0.2) is 0 Å². The lowest BCUT2D eigenvalue weighted by Crippen LogP contribution is -2.24. The van der Waals surface area contributed by atoms with Crippen LogP contribution in [-0.4, -0.2) is 18.3 Å². The second-order valence-corrected chi connectivity index (χ2v) is 3.19. The lowest BCUT2D eigenvalue weighted by atomic mass is 10.2. The predicted octanol–water partition coefficient (Wildman–Crippen LogP) is 1.59. The van der Waals surface area contributed by atoms with E-state index >= 15 is 0 Å². The summed E-state index contributed by atoms with van der Waals surface area (Å²) in [5, 5.41) is 2.57. The van der Waals surface area contributed by atoms with Gasteiger partial charge in [-0.2, -0.15) is 0 Å². The maximum absolute atomic E-state index is 10.7. The molecule has 0 bridgehead atoms. The Hall–Kier alpha value is -1.46. The molecule has 1 rings (SSSR count). The molecule has 3 heteroatoms. The van der Waals surface area contributed by atoms with Crippen molar-refractivity contribution in [2.24, 2.45) is 0 Å². The Kier molecular flexibility index (Phi) is 5.35. The van der Waals surface area contributed by atoms with Gasteiger partial charge in [-0.25, -0.2) is 0 Å². The second-order valence-electron chi connectivity index (χ2n) is 2.93. The molecular formula is C12H12ClNO. The summed E-state index contributed by atoms with van der Waals surface area (Å²) < 4.78 is 0. The van der Waals surface area contributed by atoms with Crippen LogP contribution in [0.4, 0.5) is 0 Å². The Labute approximate surface area is 94.6 Å². The van der Waals surface area contributed by atoms with Crippen LogP contribution in [0.15, 0.2) is 30.3 Å². The number of halogens is 1. The van der Waals surface area contributed by atoms with E-state index in [9.17, 15) is 4.79 Å². The topological polar surface area (TPSA) is 29.1 Å². The van der Waals surface area contributed by atoms with Crippen LogP contribution in [0.2, 0.25) is 0 Å². The molecule has 0 heterocycles. The van der Waals surface area contributed by atoms with Gasteiger partial charge < -0.3 is 5.32 Å². The first kappa shape index (κ1) is 11.6. The van der Waals surface area contributed by atoms with Crippen molar-refractivity contribution in [1.82, 2.24) is 5.32 Å². The van der Waals surface area contributed by atoms with Crippen LogP contribution in [0.5, 0.6) is 0 Å². The molecule has 1 aromatic carbocycles. The highest BCUT2D eigenvalue weighted by molar-refractivity contribution is 6.27. The van der Waals surface area contributed by atoms with Crippen molar-refractivity contribution in [3.05, 3.63) is 35.9 Å². The Morgan fingerprint density at radius 1 is 1.27 bits per heavy atom. The Balaban J connectivity index is 2.26. The van der Waals surface area contributed by atoms with Gasteiger partial charge in [-0.15, -0.1) is 11.6 Å². The Morgan fingerprint density at radius 3 is 2.67 bits per heavy atom. The molecule has 78 valence electrons. The van der Waals surface area contributed by atoms with E-state index in [1.165, 1.54) is 5.56 Å². The van der Waals surface area contributed by atoms with Gasteiger partial charge in [0.05, 0.1) is 6.54 Å². The molecule has 0 aliphatic rings. The van der Waals surface area contributed by atoms with Crippen LogP contribution in [-0.2, 0) is 11.2 Å². The molecule has 0 saturated heterocycles. The van der Waals surface area contributed by atoms with E-state index in [0.717, 1.165) is 0 Å². The van der Waals surface area contributed by atoms with Gasteiger partial charge >= 0.3 is 0 Å². The third kappa shape index (κ3) is 5.09. The molecule has 1 amide bonds. The Bertz CT molecular complexity index is 364. The molecule has 0 atom stereocenters. The van der Waals surface area contributed by atoms with Gasteiger partial charge in [-0.05, 0) is 5.56 Å². The average molecular weight is 222 g/mol. The summed E-state index contributed by atoms with van der Waals surface area (Å²) in [6.45, 7) is 0.360. The number of alkyl halides is 1. The molecule has 0 spiro atoms. The van der Waals surface area contributed by atoms with E-state index in [-0.39, 0.29) is 11.8 Å². The number of carbonyl (C=O) groups is 1. The highest BCUT2D eigenvalue weighted by Crippen LogP contribution is 1.97.